The summed E-state index contributed by atoms with van der Waals surface area (Å²) < 4.78 is 7.82. The molecule has 2 aromatic rings. The van der Waals surface area contributed by atoms with Gasteiger partial charge >= 0.3 is 0 Å². The second-order valence-corrected chi connectivity index (χ2v) is 5.33. The first-order valence-electron chi connectivity index (χ1n) is 5.70. The fraction of sp³-hybridized carbons (Fsp3) is 0.500. The van der Waals surface area contributed by atoms with Gasteiger partial charge in [0.25, 0.3) is 0 Å². The zero-order chi connectivity index (χ0) is 13.6. The van der Waals surface area contributed by atoms with Crippen LogP contribution in [0.1, 0.15) is 12.6 Å². The van der Waals surface area contributed by atoms with Gasteiger partial charge in [-0.3, -0.25) is 0 Å². The first-order valence-corrected chi connectivity index (χ1v) is 6.78. The van der Waals surface area contributed by atoms with Crippen LogP contribution >= 0.6 is 22.6 Å². The van der Waals surface area contributed by atoms with E-state index in [1.54, 1.807) is 4.68 Å². The number of aromatic nitrogens is 4. The number of nitrogen functional groups attached to an aromatic ring is 1. The zero-order valence-electron chi connectivity index (χ0n) is 9.77. The average Bonchev–Trinajstić information content (AvgIpc) is 2.91. The Balaban J connectivity index is 2.05. The number of fused-ring (bicyclic) bond motifs is 1. The summed E-state index contributed by atoms with van der Waals surface area (Å²) >= 11 is 2.05. The Morgan fingerprint density at radius 1 is 1.53 bits per heavy atom. The molecule has 3 rings (SSSR count). The van der Waals surface area contributed by atoms with E-state index in [0.29, 0.717) is 27.0 Å². The van der Waals surface area contributed by atoms with Crippen LogP contribution in [-0.2, 0) is 4.74 Å². The summed E-state index contributed by atoms with van der Waals surface area (Å²) in [6, 6.07) is 0. The van der Waals surface area contributed by atoms with Crippen molar-refractivity contribution < 1.29 is 14.9 Å². The summed E-state index contributed by atoms with van der Waals surface area (Å²) in [6.45, 7) is -0.231. The van der Waals surface area contributed by atoms with Gasteiger partial charge in [-0.25, -0.2) is 14.6 Å². The minimum atomic E-state index is -0.717. The monoisotopic (exact) mass is 377 g/mol. The van der Waals surface area contributed by atoms with E-state index in [0.717, 1.165) is 0 Å². The van der Waals surface area contributed by atoms with Crippen molar-refractivity contribution in [1.29, 1.82) is 0 Å². The standard InChI is InChI=1S/C10H12IN5O3/c11-8-7-9(12)13-3-14-10(7)16(15-8)6-1-4(18)5(2-17)19-6/h3-6,17-18H,1-2H2,(H2,12,13,14)/t4-,5-,6+/m0/s1. The van der Waals surface area contributed by atoms with E-state index in [1.807, 2.05) is 0 Å². The van der Waals surface area contributed by atoms with E-state index in [9.17, 15) is 5.11 Å². The molecule has 102 valence electrons. The SMILES string of the molecule is Nc1ncnc2c1c(I)nn2[C@H]1C[C@H](O)[C@H](CO)O1. The van der Waals surface area contributed by atoms with Gasteiger partial charge in [-0.15, -0.1) is 0 Å². The van der Waals surface area contributed by atoms with Crippen molar-refractivity contribution in [2.24, 2.45) is 0 Å². The predicted molar refractivity (Wildman–Crippen MR) is 74.1 cm³/mol. The highest BCUT2D eigenvalue weighted by atomic mass is 127. The number of hydrogen-bond donors (Lipinski definition) is 3. The van der Waals surface area contributed by atoms with Crippen LogP contribution in [0.25, 0.3) is 11.0 Å². The largest absolute Gasteiger partial charge is 0.394 e. The maximum absolute atomic E-state index is 9.77. The first-order chi connectivity index (χ1) is 9.11. The van der Waals surface area contributed by atoms with Gasteiger partial charge < -0.3 is 20.7 Å². The maximum atomic E-state index is 9.77. The minimum Gasteiger partial charge on any atom is -0.394 e. The molecule has 0 saturated carbocycles. The van der Waals surface area contributed by atoms with Gasteiger partial charge in [0.2, 0.25) is 0 Å². The highest BCUT2D eigenvalue weighted by Crippen LogP contribution is 2.32. The molecule has 0 radical (unpaired) electrons. The summed E-state index contributed by atoms with van der Waals surface area (Å²) in [5, 5.41) is 23.9. The molecule has 0 aliphatic carbocycles. The number of halogens is 1. The molecule has 3 heterocycles. The quantitative estimate of drug-likeness (QED) is 0.613. The second-order valence-electron chi connectivity index (χ2n) is 4.31. The number of nitrogens with zero attached hydrogens (tertiary/aromatic N) is 4. The lowest BCUT2D eigenvalue weighted by atomic mass is 10.2. The summed E-state index contributed by atoms with van der Waals surface area (Å²) in [5.74, 6) is 0.359. The molecule has 19 heavy (non-hydrogen) atoms. The van der Waals surface area contributed by atoms with Crippen LogP contribution in [-0.4, -0.2) is 48.8 Å². The van der Waals surface area contributed by atoms with Crippen LogP contribution in [0.5, 0.6) is 0 Å². The Bertz CT molecular complexity index is 618. The van der Waals surface area contributed by atoms with Gasteiger partial charge in [0.05, 0.1) is 18.1 Å². The average molecular weight is 377 g/mol. The third-order valence-electron chi connectivity index (χ3n) is 3.13. The van der Waals surface area contributed by atoms with Gasteiger partial charge in [0.15, 0.2) is 11.9 Å². The van der Waals surface area contributed by atoms with Crippen molar-refractivity contribution in [2.45, 2.75) is 24.9 Å². The lowest BCUT2D eigenvalue weighted by Crippen LogP contribution is -2.24. The normalized spacial score (nSPS) is 27.2. The fourth-order valence-electron chi connectivity index (χ4n) is 2.18. The van der Waals surface area contributed by atoms with Crippen LogP contribution in [0.4, 0.5) is 5.82 Å². The molecule has 0 unspecified atom stereocenters. The van der Waals surface area contributed by atoms with Crippen molar-refractivity contribution in [1.82, 2.24) is 19.7 Å². The van der Waals surface area contributed by atoms with E-state index >= 15 is 0 Å². The molecule has 0 bridgehead atoms. The number of hydrogen-bond acceptors (Lipinski definition) is 7. The topological polar surface area (TPSA) is 119 Å². The van der Waals surface area contributed by atoms with Gasteiger partial charge in [-0.2, -0.15) is 5.10 Å². The molecule has 1 aliphatic rings. The second kappa shape index (κ2) is 4.81. The van der Waals surface area contributed by atoms with E-state index < -0.39 is 18.4 Å². The smallest absolute Gasteiger partial charge is 0.167 e. The maximum Gasteiger partial charge on any atom is 0.167 e. The highest BCUT2D eigenvalue weighted by molar-refractivity contribution is 14.1. The molecule has 1 saturated heterocycles. The van der Waals surface area contributed by atoms with E-state index in [-0.39, 0.29) is 6.61 Å². The van der Waals surface area contributed by atoms with E-state index in [1.165, 1.54) is 6.33 Å². The predicted octanol–water partition coefficient (Wildman–Crippen LogP) is -0.346. The van der Waals surface area contributed by atoms with Crippen molar-refractivity contribution in [2.75, 3.05) is 12.3 Å². The molecule has 0 amide bonds. The van der Waals surface area contributed by atoms with E-state index in [2.05, 4.69) is 37.7 Å². The third-order valence-corrected chi connectivity index (χ3v) is 3.89. The lowest BCUT2D eigenvalue weighted by Gasteiger charge is -2.12. The zero-order valence-corrected chi connectivity index (χ0v) is 11.9. The van der Waals surface area contributed by atoms with Crippen LogP contribution < -0.4 is 5.73 Å². The highest BCUT2D eigenvalue weighted by Gasteiger charge is 2.36. The number of aliphatic hydroxyl groups is 2. The summed E-state index contributed by atoms with van der Waals surface area (Å²) in [4.78, 5) is 8.10. The molecule has 9 heteroatoms. The van der Waals surface area contributed by atoms with Crippen LogP contribution in [0.3, 0.4) is 0 Å². The molecular weight excluding hydrogens is 365 g/mol. The fourth-order valence-corrected chi connectivity index (χ4v) is 2.93. The molecule has 0 spiro atoms. The number of ether oxygens (including phenoxy) is 1. The van der Waals surface area contributed by atoms with Crippen molar-refractivity contribution in [3.8, 4) is 0 Å². The Morgan fingerprint density at radius 2 is 2.32 bits per heavy atom. The molecule has 1 aliphatic heterocycles. The number of anilines is 1. The minimum absolute atomic E-state index is 0.231. The van der Waals surface area contributed by atoms with Gasteiger partial charge in [-0.1, -0.05) is 0 Å². The Hall–Kier alpha value is -1.04. The third kappa shape index (κ3) is 2.06. The lowest BCUT2D eigenvalue weighted by molar-refractivity contribution is -0.0471. The molecule has 4 N–H and O–H groups in total. The molecule has 8 nitrogen and oxygen atoms in total. The molecule has 3 atom stereocenters. The van der Waals surface area contributed by atoms with Crippen LogP contribution in [0.2, 0.25) is 0 Å². The Kier molecular flexibility index (Phi) is 3.28. The van der Waals surface area contributed by atoms with Crippen LogP contribution in [0, 0.1) is 3.70 Å². The molecule has 2 aromatic heterocycles. The Labute approximate surface area is 121 Å². The summed E-state index contributed by atoms with van der Waals surface area (Å²) in [7, 11) is 0. The first kappa shape index (κ1) is 13.0. The van der Waals surface area contributed by atoms with Crippen molar-refractivity contribution in [3.63, 3.8) is 0 Å². The molecule has 1 fully saturated rings. The number of rotatable bonds is 2. The van der Waals surface area contributed by atoms with Gasteiger partial charge in [-0.05, 0) is 22.6 Å². The van der Waals surface area contributed by atoms with Crippen molar-refractivity contribution in [3.05, 3.63) is 10.0 Å². The number of aliphatic hydroxyl groups excluding tert-OH is 2. The van der Waals surface area contributed by atoms with Crippen LogP contribution in [0.15, 0.2) is 6.33 Å². The van der Waals surface area contributed by atoms with Gasteiger partial charge in [0, 0.05) is 6.42 Å². The van der Waals surface area contributed by atoms with Gasteiger partial charge in [0.1, 0.15) is 21.9 Å². The molecule has 0 aromatic carbocycles. The Morgan fingerprint density at radius 3 is 3.00 bits per heavy atom. The van der Waals surface area contributed by atoms with E-state index in [4.69, 9.17) is 15.6 Å². The molecular formula is C10H12IN5O3. The summed E-state index contributed by atoms with van der Waals surface area (Å²) in [5.41, 5.74) is 6.37. The number of nitrogens with two attached hydrogens (primary N) is 1. The summed E-state index contributed by atoms with van der Waals surface area (Å²) in [6.07, 6.45) is -0.0670. The van der Waals surface area contributed by atoms with Crippen molar-refractivity contribution >= 4 is 39.4 Å².